The van der Waals surface area contributed by atoms with Crippen molar-refractivity contribution in [3.8, 4) is 0 Å². The molecule has 0 bridgehead atoms. The summed E-state index contributed by atoms with van der Waals surface area (Å²) in [6.45, 7) is 5.05. The monoisotopic (exact) mass is 272 g/mol. The maximum absolute atomic E-state index is 5.87. The zero-order valence-corrected chi connectivity index (χ0v) is 11.6. The van der Waals surface area contributed by atoms with Crippen LogP contribution in [0.5, 0.6) is 0 Å². The average molecular weight is 272 g/mol. The molecule has 0 saturated carbocycles. The second kappa shape index (κ2) is 4.75. The lowest BCUT2D eigenvalue weighted by Crippen LogP contribution is -2.53. The van der Waals surface area contributed by atoms with Gasteiger partial charge >= 0.3 is 0 Å². The van der Waals surface area contributed by atoms with Crippen molar-refractivity contribution >= 4 is 5.96 Å². The minimum atomic E-state index is -0.150. The van der Waals surface area contributed by atoms with Crippen molar-refractivity contribution < 1.29 is 4.84 Å². The first-order valence-electron chi connectivity index (χ1n) is 7.38. The van der Waals surface area contributed by atoms with Gasteiger partial charge in [-0.05, 0) is 5.56 Å². The van der Waals surface area contributed by atoms with Crippen LogP contribution in [0.15, 0.2) is 35.3 Å². The quantitative estimate of drug-likeness (QED) is 0.878. The van der Waals surface area contributed by atoms with Crippen LogP contribution in [-0.2, 0) is 11.4 Å². The van der Waals surface area contributed by atoms with E-state index in [-0.39, 0.29) is 5.72 Å². The van der Waals surface area contributed by atoms with E-state index in [0.29, 0.717) is 0 Å². The van der Waals surface area contributed by atoms with E-state index >= 15 is 0 Å². The summed E-state index contributed by atoms with van der Waals surface area (Å²) in [5.41, 5.74) is 4.24. The van der Waals surface area contributed by atoms with Crippen molar-refractivity contribution in [2.45, 2.75) is 25.1 Å². The minimum absolute atomic E-state index is 0.150. The highest BCUT2D eigenvalue weighted by molar-refractivity contribution is 5.82. The molecule has 4 rings (SSSR count). The molecular weight excluding hydrogens is 252 g/mol. The number of fused-ring (bicyclic) bond motifs is 2. The Hall–Kier alpha value is -1.59. The Morgan fingerprint density at radius 2 is 1.95 bits per heavy atom. The molecule has 0 radical (unpaired) electrons. The van der Waals surface area contributed by atoms with E-state index in [1.807, 2.05) is 0 Å². The maximum atomic E-state index is 5.87. The Bertz CT molecular complexity index is 508. The van der Waals surface area contributed by atoms with Crippen molar-refractivity contribution in [2.24, 2.45) is 4.99 Å². The Morgan fingerprint density at radius 1 is 1.15 bits per heavy atom. The van der Waals surface area contributed by atoms with Gasteiger partial charge in [-0.1, -0.05) is 30.3 Å². The molecule has 0 unspecified atom stereocenters. The van der Waals surface area contributed by atoms with Crippen molar-refractivity contribution in [1.29, 1.82) is 0 Å². The summed E-state index contributed by atoms with van der Waals surface area (Å²) in [6, 6.07) is 10.7. The Labute approximate surface area is 119 Å². The summed E-state index contributed by atoms with van der Waals surface area (Å²) in [6.07, 6.45) is 2.07. The van der Waals surface area contributed by atoms with E-state index in [2.05, 4.69) is 50.6 Å². The van der Waals surface area contributed by atoms with Gasteiger partial charge in [0.05, 0.1) is 6.54 Å². The average Bonchev–Trinajstić information content (AvgIpc) is 3.08. The van der Waals surface area contributed by atoms with Crippen LogP contribution in [0.2, 0.25) is 0 Å². The predicted molar refractivity (Wildman–Crippen MR) is 76.9 cm³/mol. The molecule has 3 aliphatic rings. The third-order valence-electron chi connectivity index (χ3n) is 4.55. The highest BCUT2D eigenvalue weighted by Crippen LogP contribution is 2.34. The Morgan fingerprint density at radius 3 is 2.75 bits per heavy atom. The summed E-state index contributed by atoms with van der Waals surface area (Å²) in [5.74, 6) is 0.932. The molecule has 20 heavy (non-hydrogen) atoms. The van der Waals surface area contributed by atoms with Gasteiger partial charge in [0, 0.05) is 39.0 Å². The van der Waals surface area contributed by atoms with Gasteiger partial charge in [-0.25, -0.2) is 15.3 Å². The second-order valence-corrected chi connectivity index (χ2v) is 5.77. The van der Waals surface area contributed by atoms with Crippen LogP contribution in [0, 0.1) is 0 Å². The third-order valence-corrected chi connectivity index (χ3v) is 4.55. The predicted octanol–water partition coefficient (Wildman–Crippen LogP) is 1.19. The van der Waals surface area contributed by atoms with Crippen molar-refractivity contribution in [1.82, 2.24) is 15.3 Å². The highest BCUT2D eigenvalue weighted by atomic mass is 16.7. The van der Waals surface area contributed by atoms with Crippen LogP contribution in [-0.4, -0.2) is 47.7 Å². The number of nitrogens with one attached hydrogen (secondary N) is 1. The molecule has 1 aromatic carbocycles. The Balaban J connectivity index is 1.40. The van der Waals surface area contributed by atoms with Crippen molar-refractivity contribution in [2.75, 3.05) is 26.2 Å². The molecule has 2 saturated heterocycles. The fourth-order valence-corrected chi connectivity index (χ4v) is 3.40. The number of benzene rings is 1. The van der Waals surface area contributed by atoms with Crippen LogP contribution < -0.4 is 5.48 Å². The first-order valence-corrected chi connectivity index (χ1v) is 7.38. The molecule has 5 nitrogen and oxygen atoms in total. The molecule has 0 amide bonds. The lowest BCUT2D eigenvalue weighted by atomic mass is 9.98. The smallest absolute Gasteiger partial charge is 0.220 e. The van der Waals surface area contributed by atoms with Gasteiger partial charge in [-0.15, -0.1) is 0 Å². The summed E-state index contributed by atoms with van der Waals surface area (Å²) in [7, 11) is 0. The number of piperidine rings is 1. The second-order valence-electron chi connectivity index (χ2n) is 5.77. The SMILES string of the molecule is c1ccc(CN2CCC3(CC2)ONC2=NCCN23)cc1. The van der Waals surface area contributed by atoms with E-state index in [4.69, 9.17) is 4.84 Å². The lowest BCUT2D eigenvalue weighted by Gasteiger charge is -2.41. The van der Waals surface area contributed by atoms with Crippen LogP contribution in [0.4, 0.5) is 0 Å². The van der Waals surface area contributed by atoms with Crippen LogP contribution in [0.3, 0.4) is 0 Å². The van der Waals surface area contributed by atoms with Gasteiger partial charge in [-0.3, -0.25) is 4.90 Å². The minimum Gasteiger partial charge on any atom is -0.309 e. The Kier molecular flexibility index (Phi) is 2.89. The fraction of sp³-hybridized carbons (Fsp3) is 0.533. The molecule has 0 atom stereocenters. The zero-order chi connectivity index (χ0) is 13.4. The van der Waals surface area contributed by atoms with E-state index in [0.717, 1.165) is 51.5 Å². The topological polar surface area (TPSA) is 40.1 Å². The summed E-state index contributed by atoms with van der Waals surface area (Å²) in [5, 5.41) is 0. The molecule has 1 N–H and O–H groups in total. The number of rotatable bonds is 2. The number of hydrogen-bond donors (Lipinski definition) is 1. The van der Waals surface area contributed by atoms with Gasteiger partial charge in [0.1, 0.15) is 0 Å². The first-order chi connectivity index (χ1) is 9.86. The van der Waals surface area contributed by atoms with E-state index < -0.39 is 0 Å². The molecule has 3 aliphatic heterocycles. The summed E-state index contributed by atoms with van der Waals surface area (Å²) in [4.78, 5) is 15.1. The van der Waals surface area contributed by atoms with E-state index in [9.17, 15) is 0 Å². The first kappa shape index (κ1) is 12.2. The maximum Gasteiger partial charge on any atom is 0.220 e. The molecule has 3 heterocycles. The number of hydrogen-bond acceptors (Lipinski definition) is 5. The van der Waals surface area contributed by atoms with Crippen molar-refractivity contribution in [3.05, 3.63) is 35.9 Å². The molecular formula is C15H20N4O. The van der Waals surface area contributed by atoms with E-state index in [1.165, 1.54) is 5.56 Å². The van der Waals surface area contributed by atoms with Gasteiger partial charge in [0.2, 0.25) is 5.96 Å². The summed E-state index contributed by atoms with van der Waals surface area (Å²) >= 11 is 0. The van der Waals surface area contributed by atoms with Gasteiger partial charge < -0.3 is 4.90 Å². The number of likely N-dealkylation sites (tertiary alicyclic amines) is 1. The van der Waals surface area contributed by atoms with Crippen LogP contribution >= 0.6 is 0 Å². The molecule has 2 fully saturated rings. The number of guanidine groups is 1. The lowest BCUT2D eigenvalue weighted by molar-refractivity contribution is -0.143. The standard InChI is InChI=1S/C15H20N4O/c1-2-4-13(5-3-1)12-18-9-6-15(7-10-18)19-11-8-16-14(19)17-20-15/h1-5H,6-12H2,(H,16,17). The molecule has 106 valence electrons. The molecule has 1 aromatic rings. The molecule has 0 aliphatic carbocycles. The third kappa shape index (κ3) is 1.98. The largest absolute Gasteiger partial charge is 0.309 e. The molecule has 0 aromatic heterocycles. The number of nitrogens with zero attached hydrogens (tertiary/aromatic N) is 3. The fourth-order valence-electron chi connectivity index (χ4n) is 3.40. The van der Waals surface area contributed by atoms with Crippen LogP contribution in [0.1, 0.15) is 18.4 Å². The normalized spacial score (nSPS) is 24.6. The van der Waals surface area contributed by atoms with E-state index in [1.54, 1.807) is 0 Å². The molecule has 5 heteroatoms. The van der Waals surface area contributed by atoms with Gasteiger partial charge in [0.15, 0.2) is 5.72 Å². The van der Waals surface area contributed by atoms with Crippen molar-refractivity contribution in [3.63, 3.8) is 0 Å². The van der Waals surface area contributed by atoms with Crippen LogP contribution in [0.25, 0.3) is 0 Å². The van der Waals surface area contributed by atoms with Gasteiger partial charge in [0.25, 0.3) is 0 Å². The number of hydroxylamine groups is 1. The summed E-state index contributed by atoms with van der Waals surface area (Å²) < 4.78 is 0. The highest BCUT2D eigenvalue weighted by Gasteiger charge is 2.49. The molecule has 1 spiro atoms. The zero-order valence-electron chi connectivity index (χ0n) is 11.6. The van der Waals surface area contributed by atoms with Gasteiger partial charge in [-0.2, -0.15) is 0 Å². The number of aliphatic imine (C=N–C) groups is 1.